The minimum atomic E-state index is 0.493. The van der Waals surface area contributed by atoms with Crippen LogP contribution in [0.1, 0.15) is 11.3 Å². The Morgan fingerprint density at radius 2 is 2.06 bits per heavy atom. The van der Waals surface area contributed by atoms with Crippen LogP contribution in [0.4, 0.5) is 0 Å². The number of benzene rings is 1. The third-order valence-corrected chi connectivity index (χ3v) is 4.09. The van der Waals surface area contributed by atoms with E-state index in [-0.39, 0.29) is 0 Å². The fourth-order valence-corrected chi connectivity index (χ4v) is 2.73. The smallest absolute Gasteiger partial charge is 0.168 e. The van der Waals surface area contributed by atoms with Crippen LogP contribution >= 0.6 is 23.4 Å². The Balaban J connectivity index is 1.99. The normalized spacial score (nSPS) is 10.6. The maximum absolute atomic E-state index is 5.81. The van der Waals surface area contributed by atoms with E-state index in [1.807, 2.05) is 29.9 Å². The van der Waals surface area contributed by atoms with E-state index in [1.54, 1.807) is 18.9 Å². The molecular formula is C13H15ClN2OS. The van der Waals surface area contributed by atoms with Crippen molar-refractivity contribution in [2.75, 3.05) is 7.11 Å². The maximum Gasteiger partial charge on any atom is 0.168 e. The summed E-state index contributed by atoms with van der Waals surface area (Å²) in [5.74, 6) is 2.26. The van der Waals surface area contributed by atoms with Crippen molar-refractivity contribution in [2.24, 2.45) is 7.05 Å². The summed E-state index contributed by atoms with van der Waals surface area (Å²) >= 11 is 7.51. The van der Waals surface area contributed by atoms with E-state index in [1.165, 1.54) is 5.56 Å². The summed E-state index contributed by atoms with van der Waals surface area (Å²) in [6.45, 7) is 0. The first-order valence-electron chi connectivity index (χ1n) is 5.57. The lowest BCUT2D eigenvalue weighted by Gasteiger charge is -2.05. The molecule has 0 bridgehead atoms. The zero-order chi connectivity index (χ0) is 13.0. The van der Waals surface area contributed by atoms with Gasteiger partial charge in [0.15, 0.2) is 5.16 Å². The second-order valence-corrected chi connectivity index (χ2v) is 5.07. The number of methoxy groups -OCH3 is 1. The number of hydrogen-bond donors (Lipinski definition) is 0. The number of halogens is 1. The van der Waals surface area contributed by atoms with Crippen LogP contribution in [0, 0.1) is 0 Å². The second-order valence-electron chi connectivity index (χ2n) is 3.86. The van der Waals surface area contributed by atoms with Crippen LogP contribution in [0.5, 0.6) is 5.75 Å². The van der Waals surface area contributed by atoms with Gasteiger partial charge in [0, 0.05) is 12.8 Å². The highest BCUT2D eigenvalue weighted by Gasteiger charge is 2.06. The number of thioether (sulfide) groups is 1. The fourth-order valence-electron chi connectivity index (χ4n) is 1.55. The van der Waals surface area contributed by atoms with Crippen LogP contribution < -0.4 is 4.74 Å². The van der Waals surface area contributed by atoms with Crippen LogP contribution in [-0.4, -0.2) is 16.7 Å². The van der Waals surface area contributed by atoms with E-state index in [4.69, 9.17) is 16.3 Å². The molecule has 2 aromatic rings. The van der Waals surface area contributed by atoms with Gasteiger partial charge in [-0.15, -0.1) is 11.6 Å². The van der Waals surface area contributed by atoms with E-state index >= 15 is 0 Å². The summed E-state index contributed by atoms with van der Waals surface area (Å²) < 4.78 is 7.16. The molecule has 18 heavy (non-hydrogen) atoms. The molecule has 3 nitrogen and oxygen atoms in total. The van der Waals surface area contributed by atoms with Crippen molar-refractivity contribution in [3.8, 4) is 5.75 Å². The quantitative estimate of drug-likeness (QED) is 0.621. The molecular weight excluding hydrogens is 268 g/mol. The van der Waals surface area contributed by atoms with Gasteiger partial charge in [-0.05, 0) is 17.7 Å². The number of nitrogens with zero attached hydrogens (tertiary/aromatic N) is 2. The Labute approximate surface area is 116 Å². The lowest BCUT2D eigenvalue weighted by atomic mass is 10.2. The first-order valence-corrected chi connectivity index (χ1v) is 7.09. The van der Waals surface area contributed by atoms with Crippen LogP contribution in [-0.2, 0) is 18.7 Å². The molecule has 0 atom stereocenters. The Morgan fingerprint density at radius 1 is 1.33 bits per heavy atom. The second kappa shape index (κ2) is 6.16. The Kier molecular flexibility index (Phi) is 4.55. The highest BCUT2D eigenvalue weighted by molar-refractivity contribution is 7.98. The minimum Gasteiger partial charge on any atom is -0.497 e. The maximum atomic E-state index is 5.81. The van der Waals surface area contributed by atoms with Crippen molar-refractivity contribution in [2.45, 2.75) is 16.8 Å². The van der Waals surface area contributed by atoms with Crippen LogP contribution in [0.25, 0.3) is 0 Å². The average molecular weight is 283 g/mol. The predicted octanol–water partition coefficient (Wildman–Crippen LogP) is 3.46. The molecule has 1 aromatic heterocycles. The molecule has 5 heteroatoms. The molecule has 1 aromatic carbocycles. The van der Waals surface area contributed by atoms with Gasteiger partial charge in [0.25, 0.3) is 0 Å². The molecule has 0 aliphatic heterocycles. The first kappa shape index (κ1) is 13.3. The largest absolute Gasteiger partial charge is 0.497 e. The SMILES string of the molecule is COc1ccc(CSc2ncc(CCl)n2C)cc1. The highest BCUT2D eigenvalue weighted by Crippen LogP contribution is 2.23. The molecule has 0 unspecified atom stereocenters. The monoisotopic (exact) mass is 282 g/mol. The summed E-state index contributed by atoms with van der Waals surface area (Å²) in [7, 11) is 3.66. The lowest BCUT2D eigenvalue weighted by Crippen LogP contribution is -1.95. The molecule has 0 amide bonds. The summed E-state index contributed by atoms with van der Waals surface area (Å²) in [4.78, 5) is 4.35. The van der Waals surface area contributed by atoms with E-state index in [9.17, 15) is 0 Å². The molecule has 0 aliphatic rings. The highest BCUT2D eigenvalue weighted by atomic mass is 35.5. The Morgan fingerprint density at radius 3 is 2.61 bits per heavy atom. The molecule has 0 N–H and O–H groups in total. The number of ether oxygens (including phenoxy) is 1. The van der Waals surface area contributed by atoms with Crippen molar-refractivity contribution in [3.63, 3.8) is 0 Å². The van der Waals surface area contributed by atoms with Gasteiger partial charge < -0.3 is 9.30 Å². The zero-order valence-corrected chi connectivity index (χ0v) is 12.0. The van der Waals surface area contributed by atoms with E-state index < -0.39 is 0 Å². The van der Waals surface area contributed by atoms with Crippen molar-refractivity contribution in [1.82, 2.24) is 9.55 Å². The van der Waals surface area contributed by atoms with Gasteiger partial charge in [-0.2, -0.15) is 0 Å². The van der Waals surface area contributed by atoms with E-state index in [0.717, 1.165) is 22.4 Å². The van der Waals surface area contributed by atoms with Crippen LogP contribution in [0.2, 0.25) is 0 Å². The predicted molar refractivity (Wildman–Crippen MR) is 75.3 cm³/mol. The van der Waals surface area contributed by atoms with Gasteiger partial charge in [-0.3, -0.25) is 0 Å². The number of rotatable bonds is 5. The van der Waals surface area contributed by atoms with Crippen molar-refractivity contribution in [1.29, 1.82) is 0 Å². The van der Waals surface area contributed by atoms with E-state index in [2.05, 4.69) is 17.1 Å². The lowest BCUT2D eigenvalue weighted by molar-refractivity contribution is 0.414. The summed E-state index contributed by atoms with van der Waals surface area (Å²) in [6.07, 6.45) is 1.82. The third-order valence-electron chi connectivity index (χ3n) is 2.71. The Bertz CT molecular complexity index is 510. The molecule has 0 radical (unpaired) electrons. The van der Waals surface area contributed by atoms with Gasteiger partial charge in [0.2, 0.25) is 0 Å². The third kappa shape index (κ3) is 3.00. The number of aromatic nitrogens is 2. The Hall–Kier alpha value is -1.13. The van der Waals surface area contributed by atoms with Gasteiger partial charge in [-0.1, -0.05) is 23.9 Å². The molecule has 0 aliphatic carbocycles. The molecule has 0 saturated carbocycles. The summed E-state index contributed by atoms with van der Waals surface area (Å²) in [5.41, 5.74) is 2.28. The molecule has 0 spiro atoms. The van der Waals surface area contributed by atoms with Gasteiger partial charge in [0.05, 0.1) is 24.9 Å². The average Bonchev–Trinajstić information content (AvgIpc) is 2.77. The molecule has 0 saturated heterocycles. The van der Waals surface area contributed by atoms with Gasteiger partial charge in [-0.25, -0.2) is 4.98 Å². The van der Waals surface area contributed by atoms with Crippen molar-refractivity contribution >= 4 is 23.4 Å². The first-order chi connectivity index (χ1) is 8.74. The van der Waals surface area contributed by atoms with Gasteiger partial charge in [0.1, 0.15) is 5.75 Å². The van der Waals surface area contributed by atoms with E-state index in [0.29, 0.717) is 5.88 Å². The van der Waals surface area contributed by atoms with Crippen LogP contribution in [0.15, 0.2) is 35.6 Å². The van der Waals surface area contributed by atoms with Crippen LogP contribution in [0.3, 0.4) is 0 Å². The molecule has 0 fully saturated rings. The topological polar surface area (TPSA) is 27.1 Å². The summed E-state index contributed by atoms with van der Waals surface area (Å²) in [5, 5.41) is 0.987. The van der Waals surface area contributed by atoms with Gasteiger partial charge >= 0.3 is 0 Å². The number of hydrogen-bond acceptors (Lipinski definition) is 3. The standard InChI is InChI=1S/C13H15ClN2OS/c1-16-11(7-14)8-15-13(16)18-9-10-3-5-12(17-2)6-4-10/h3-6,8H,7,9H2,1-2H3. The molecule has 1 heterocycles. The number of alkyl halides is 1. The minimum absolute atomic E-state index is 0.493. The molecule has 96 valence electrons. The number of imidazole rings is 1. The summed E-state index contributed by atoms with van der Waals surface area (Å²) in [6, 6.07) is 8.07. The fraction of sp³-hybridized carbons (Fsp3) is 0.308. The van der Waals surface area contributed by atoms with Crippen molar-refractivity contribution < 1.29 is 4.74 Å². The van der Waals surface area contributed by atoms with Crippen molar-refractivity contribution in [3.05, 3.63) is 41.7 Å². The molecule has 2 rings (SSSR count). The zero-order valence-electron chi connectivity index (χ0n) is 10.4.